The number of nitrogens with zero attached hydrogens (tertiary/aromatic N) is 3. The smallest absolute Gasteiger partial charge is 0.416 e. The normalized spacial score (nSPS) is 11.9. The van der Waals surface area contributed by atoms with Crippen LogP contribution < -0.4 is 24.6 Å². The molecule has 0 amide bonds. The van der Waals surface area contributed by atoms with Gasteiger partial charge in [0.2, 0.25) is 28.3 Å². The summed E-state index contributed by atoms with van der Waals surface area (Å²) < 4.78 is 174. The summed E-state index contributed by atoms with van der Waals surface area (Å²) in [5.41, 5.74) is -4.74. The van der Waals surface area contributed by atoms with Gasteiger partial charge in [0.25, 0.3) is 0 Å². The first-order valence-corrected chi connectivity index (χ1v) is 16.4. The molecule has 0 unspecified atom stereocenters. The highest BCUT2D eigenvalue weighted by molar-refractivity contribution is 9.10. The molecular weight excluding hydrogens is 876 g/mol. The second-order valence-corrected chi connectivity index (χ2v) is 11.9. The van der Waals surface area contributed by atoms with Crippen molar-refractivity contribution in [3.05, 3.63) is 147 Å². The Balaban J connectivity index is 0.000000221. The van der Waals surface area contributed by atoms with Crippen LogP contribution in [0.3, 0.4) is 0 Å². The molecule has 58 heavy (non-hydrogen) atoms. The topological polar surface area (TPSA) is 108 Å². The van der Waals surface area contributed by atoms with Crippen LogP contribution in [-0.4, -0.2) is 19.9 Å². The Hall–Kier alpha value is -6.32. The number of alkyl halides is 12. The Morgan fingerprint density at radius 2 is 0.741 bits per heavy atom. The molecule has 0 saturated carbocycles. The van der Waals surface area contributed by atoms with Crippen LogP contribution in [0, 0.1) is 0 Å². The molecule has 1 N–H and O–H groups in total. The number of ether oxygens (including phenoxy) is 4. The summed E-state index contributed by atoms with van der Waals surface area (Å²) in [5.74, 6) is -1.83. The van der Waals surface area contributed by atoms with Gasteiger partial charge < -0.3 is 18.9 Å². The molecule has 0 saturated heterocycles. The predicted octanol–water partition coefficient (Wildman–Crippen LogP) is 12.3. The SMILES string of the molecule is FC(F)(F)c1cccc(Oc2cc(Oc3cccc(C(F)(F)F)c3)nc(Br)n2)c1.O=c1nc(Oc2cccc(C(F)(F)F)c2)cc(Oc2cccc(C(F)(F)F)c2)[nH]1. The van der Waals surface area contributed by atoms with Crippen LogP contribution >= 0.6 is 15.9 Å². The Labute approximate surface area is 325 Å². The summed E-state index contributed by atoms with van der Waals surface area (Å²) in [6.45, 7) is 0. The second-order valence-electron chi connectivity index (χ2n) is 11.2. The highest BCUT2D eigenvalue weighted by atomic mass is 79.9. The Bertz CT molecular complexity index is 2280. The minimum absolute atomic E-state index is 0.0380. The minimum atomic E-state index is -4.60. The molecule has 4 aromatic carbocycles. The molecule has 6 rings (SSSR count). The highest BCUT2D eigenvalue weighted by Gasteiger charge is 2.33. The number of hydrogen-bond donors (Lipinski definition) is 1. The standard InChI is InChI=1S/C18H9BrF6N2O2.C18H10F6N2O3/c19-16-26-14(28-12-5-1-3-10(7-12)17(20,21)22)9-15(27-16)29-13-6-2-4-11(8-13)18(23,24)25;19-17(20,21)10-3-1-5-12(7-10)28-14-9-15(26-16(27)25-14)29-13-6-2-4-11(8-13)18(22,23)24/h1-9H;1-9H,(H,25,26,27). The molecule has 0 atom stereocenters. The average Bonchev–Trinajstić information content (AvgIpc) is 3.10. The van der Waals surface area contributed by atoms with Crippen LogP contribution in [0.4, 0.5) is 52.7 Å². The van der Waals surface area contributed by atoms with Crippen molar-refractivity contribution < 1.29 is 71.6 Å². The van der Waals surface area contributed by atoms with Crippen LogP contribution in [0.25, 0.3) is 0 Å². The zero-order chi connectivity index (χ0) is 42.5. The third-order valence-corrected chi connectivity index (χ3v) is 7.24. The number of H-pyrrole nitrogens is 1. The summed E-state index contributed by atoms with van der Waals surface area (Å²) in [7, 11) is 0. The van der Waals surface area contributed by atoms with E-state index in [-0.39, 0.29) is 45.4 Å². The van der Waals surface area contributed by atoms with E-state index in [1.54, 1.807) is 0 Å². The van der Waals surface area contributed by atoms with Crippen molar-refractivity contribution in [3.8, 4) is 46.5 Å². The lowest BCUT2D eigenvalue weighted by molar-refractivity contribution is -0.138. The van der Waals surface area contributed by atoms with Gasteiger partial charge in [-0.1, -0.05) is 24.3 Å². The number of benzene rings is 4. The van der Waals surface area contributed by atoms with E-state index in [4.69, 9.17) is 18.9 Å². The van der Waals surface area contributed by atoms with Crippen molar-refractivity contribution in [2.24, 2.45) is 0 Å². The molecule has 2 aromatic heterocycles. The largest absolute Gasteiger partial charge is 0.441 e. The molecular formula is C36H19BrF12N4O5. The number of aromatic nitrogens is 4. The quantitative estimate of drug-likeness (QED) is 0.119. The summed E-state index contributed by atoms with van der Waals surface area (Å²) in [6, 6.07) is 18.1. The monoisotopic (exact) mass is 894 g/mol. The summed E-state index contributed by atoms with van der Waals surface area (Å²) in [6.07, 6.45) is -18.3. The van der Waals surface area contributed by atoms with E-state index in [0.717, 1.165) is 72.8 Å². The van der Waals surface area contributed by atoms with Crippen molar-refractivity contribution in [3.63, 3.8) is 0 Å². The van der Waals surface area contributed by atoms with Crippen molar-refractivity contribution in [1.29, 1.82) is 0 Å². The highest BCUT2D eigenvalue weighted by Crippen LogP contribution is 2.37. The zero-order valence-corrected chi connectivity index (χ0v) is 29.8. The fourth-order valence-corrected chi connectivity index (χ4v) is 4.79. The van der Waals surface area contributed by atoms with Gasteiger partial charge in [-0.05, 0) is 88.7 Å². The molecule has 0 bridgehead atoms. The molecule has 22 heteroatoms. The summed E-state index contributed by atoms with van der Waals surface area (Å²) in [4.78, 5) is 25.0. The van der Waals surface area contributed by atoms with Crippen molar-refractivity contribution in [1.82, 2.24) is 19.9 Å². The van der Waals surface area contributed by atoms with Gasteiger partial charge in [0.15, 0.2) is 0 Å². The number of nitrogens with one attached hydrogen (secondary N) is 1. The molecule has 9 nitrogen and oxygen atoms in total. The van der Waals surface area contributed by atoms with Crippen molar-refractivity contribution in [2.45, 2.75) is 24.7 Å². The third-order valence-electron chi connectivity index (χ3n) is 6.89. The zero-order valence-electron chi connectivity index (χ0n) is 28.2. The molecule has 2 heterocycles. The van der Waals surface area contributed by atoms with Gasteiger partial charge in [-0.3, -0.25) is 4.98 Å². The van der Waals surface area contributed by atoms with Crippen LogP contribution in [0.1, 0.15) is 22.3 Å². The molecule has 0 spiro atoms. The molecule has 304 valence electrons. The molecule has 6 aromatic rings. The lowest BCUT2D eigenvalue weighted by atomic mass is 10.2. The average molecular weight is 895 g/mol. The van der Waals surface area contributed by atoms with E-state index in [1.807, 2.05) is 0 Å². The molecule has 0 aliphatic rings. The van der Waals surface area contributed by atoms with Crippen molar-refractivity contribution >= 4 is 15.9 Å². The van der Waals surface area contributed by atoms with E-state index in [2.05, 4.69) is 35.9 Å². The lowest BCUT2D eigenvalue weighted by Crippen LogP contribution is -2.12. The van der Waals surface area contributed by atoms with Gasteiger partial charge >= 0.3 is 30.4 Å². The van der Waals surface area contributed by atoms with Gasteiger partial charge in [-0.2, -0.15) is 67.6 Å². The maximum atomic E-state index is 12.8. The van der Waals surface area contributed by atoms with E-state index in [1.165, 1.54) is 24.3 Å². The number of rotatable bonds is 8. The van der Waals surface area contributed by atoms with Gasteiger partial charge in [0.05, 0.1) is 34.4 Å². The predicted molar refractivity (Wildman–Crippen MR) is 181 cm³/mol. The van der Waals surface area contributed by atoms with Gasteiger partial charge in [0, 0.05) is 0 Å². The van der Waals surface area contributed by atoms with Crippen LogP contribution in [0.15, 0.2) is 119 Å². The lowest BCUT2D eigenvalue weighted by Gasteiger charge is -2.11. The van der Waals surface area contributed by atoms with Gasteiger partial charge in [0.1, 0.15) is 23.0 Å². The number of halogens is 13. The van der Waals surface area contributed by atoms with Gasteiger partial charge in [-0.15, -0.1) is 0 Å². The second kappa shape index (κ2) is 17.0. The van der Waals surface area contributed by atoms with Crippen molar-refractivity contribution in [2.75, 3.05) is 0 Å². The van der Waals surface area contributed by atoms with Crippen LogP contribution in [-0.2, 0) is 24.7 Å². The first kappa shape index (κ1) is 42.8. The first-order valence-electron chi connectivity index (χ1n) is 15.6. The first-order chi connectivity index (χ1) is 27.0. The van der Waals surface area contributed by atoms with E-state index < -0.39 is 58.5 Å². The summed E-state index contributed by atoms with van der Waals surface area (Å²) >= 11 is 2.99. The molecule has 0 radical (unpaired) electrons. The summed E-state index contributed by atoms with van der Waals surface area (Å²) in [5, 5.41) is 0. The Morgan fingerprint density at radius 1 is 0.431 bits per heavy atom. The molecule has 0 aliphatic carbocycles. The maximum Gasteiger partial charge on any atom is 0.416 e. The molecule has 0 fully saturated rings. The fourth-order valence-electron chi connectivity index (χ4n) is 4.44. The van der Waals surface area contributed by atoms with E-state index in [9.17, 15) is 57.5 Å². The van der Waals surface area contributed by atoms with Crippen LogP contribution in [0.2, 0.25) is 0 Å². The maximum absolute atomic E-state index is 12.8. The molecule has 0 aliphatic heterocycles. The fraction of sp³-hybridized carbons (Fsp3) is 0.111. The van der Waals surface area contributed by atoms with E-state index in [0.29, 0.717) is 12.1 Å². The minimum Gasteiger partial charge on any atom is -0.441 e. The number of aromatic amines is 1. The third kappa shape index (κ3) is 12.3. The van der Waals surface area contributed by atoms with Gasteiger partial charge in [-0.25, -0.2) is 4.79 Å². The van der Waals surface area contributed by atoms with E-state index >= 15 is 0 Å². The van der Waals surface area contributed by atoms with Crippen LogP contribution in [0.5, 0.6) is 46.5 Å². The Morgan fingerprint density at radius 3 is 1.07 bits per heavy atom. The number of hydrogen-bond acceptors (Lipinski definition) is 8. The Kier molecular flexibility index (Phi) is 12.6.